The molecule has 0 spiro atoms. The molecule has 0 saturated carbocycles. The topological polar surface area (TPSA) is 54.4 Å². The van der Waals surface area contributed by atoms with Crippen LogP contribution < -0.4 is 0 Å². The Morgan fingerprint density at radius 1 is 1.10 bits per heavy atom. The molecule has 0 bridgehead atoms. The highest BCUT2D eigenvalue weighted by Gasteiger charge is 2.26. The number of rotatable bonds is 6. The van der Waals surface area contributed by atoms with E-state index in [4.69, 9.17) is 4.74 Å². The Morgan fingerprint density at radius 2 is 1.79 bits per heavy atom. The molecule has 0 saturated heterocycles. The van der Waals surface area contributed by atoms with Crippen molar-refractivity contribution in [2.75, 3.05) is 0 Å². The van der Waals surface area contributed by atoms with Gasteiger partial charge in [0.1, 0.15) is 6.61 Å². The van der Waals surface area contributed by atoms with Gasteiger partial charge >= 0.3 is 5.97 Å². The van der Waals surface area contributed by atoms with E-state index >= 15 is 0 Å². The minimum absolute atomic E-state index is 0. The van der Waals surface area contributed by atoms with Crippen molar-refractivity contribution in [3.63, 3.8) is 0 Å². The van der Waals surface area contributed by atoms with E-state index in [1.807, 2.05) is 37.3 Å². The molecule has 0 aliphatic carbocycles. The third-order valence-corrected chi connectivity index (χ3v) is 5.38. The second-order valence-corrected chi connectivity index (χ2v) is 7.13. The van der Waals surface area contributed by atoms with E-state index in [1.165, 1.54) is 16.8 Å². The molecule has 3 rings (SSSR count). The summed E-state index contributed by atoms with van der Waals surface area (Å²) in [6.45, 7) is 10.7. The summed E-state index contributed by atoms with van der Waals surface area (Å²) in [7, 11) is 0. The highest BCUT2D eigenvalue weighted by molar-refractivity contribution is 8.93. The number of aryl methyl sites for hydroxylation is 1. The van der Waals surface area contributed by atoms with E-state index in [0.717, 1.165) is 40.9 Å². The van der Waals surface area contributed by atoms with Crippen LogP contribution in [0.3, 0.4) is 0 Å². The first-order valence-corrected chi connectivity index (χ1v) is 9.86. The number of nitrogens with one attached hydrogen (secondary N) is 1. The lowest BCUT2D eigenvalue weighted by Crippen LogP contribution is -2.17. The predicted molar refractivity (Wildman–Crippen MR) is 125 cm³/mol. The average molecular weight is 457 g/mol. The molecular formula is C24H29BrN2O2. The van der Waals surface area contributed by atoms with Crippen molar-refractivity contribution in [2.24, 2.45) is 4.99 Å². The molecule has 4 nitrogen and oxygen atoms in total. The molecule has 2 heterocycles. The molecule has 29 heavy (non-hydrogen) atoms. The van der Waals surface area contributed by atoms with Crippen molar-refractivity contribution in [1.29, 1.82) is 0 Å². The van der Waals surface area contributed by atoms with Crippen molar-refractivity contribution < 1.29 is 9.53 Å². The molecule has 0 atom stereocenters. The standard InChI is InChI=1S/C24H28N2O2.BrH/c1-6-19-15(3)21(25-17(19)5)13-22-20(7-2)16(4)23(26-22)24(27)28-14-18-11-9-8-10-12-18;/h8-13,25H,6-7,14H2,1-5H3;1H/b22-13-;. The lowest BCUT2D eigenvalue weighted by Gasteiger charge is -2.05. The van der Waals surface area contributed by atoms with Crippen molar-refractivity contribution in [2.45, 2.75) is 54.1 Å². The zero-order chi connectivity index (χ0) is 20.3. The monoisotopic (exact) mass is 456 g/mol. The van der Waals surface area contributed by atoms with Gasteiger partial charge in [0.15, 0.2) is 5.71 Å². The van der Waals surface area contributed by atoms with Gasteiger partial charge in [0, 0.05) is 11.4 Å². The molecule has 0 amide bonds. The second-order valence-electron chi connectivity index (χ2n) is 7.13. The van der Waals surface area contributed by atoms with Gasteiger partial charge in [-0.2, -0.15) is 0 Å². The van der Waals surface area contributed by atoms with E-state index in [0.29, 0.717) is 5.71 Å². The predicted octanol–water partition coefficient (Wildman–Crippen LogP) is 6.04. The summed E-state index contributed by atoms with van der Waals surface area (Å²) in [5.74, 6) is -0.371. The number of hydrogen-bond acceptors (Lipinski definition) is 3. The van der Waals surface area contributed by atoms with Crippen LogP contribution in [0.25, 0.3) is 6.08 Å². The van der Waals surface area contributed by atoms with Crippen molar-refractivity contribution in [3.8, 4) is 0 Å². The van der Waals surface area contributed by atoms with Crippen LogP contribution in [0.5, 0.6) is 0 Å². The Hall–Kier alpha value is -2.40. The molecule has 1 aromatic heterocycles. The molecular weight excluding hydrogens is 428 g/mol. The van der Waals surface area contributed by atoms with E-state index in [-0.39, 0.29) is 29.6 Å². The van der Waals surface area contributed by atoms with Crippen LogP contribution in [0.15, 0.2) is 52.2 Å². The zero-order valence-electron chi connectivity index (χ0n) is 17.8. The molecule has 1 aromatic carbocycles. The van der Waals surface area contributed by atoms with Gasteiger partial charge in [0.25, 0.3) is 0 Å². The van der Waals surface area contributed by atoms with Crippen molar-refractivity contribution in [3.05, 3.63) is 75.3 Å². The fraction of sp³-hybridized carbons (Fsp3) is 0.333. The minimum Gasteiger partial charge on any atom is -0.456 e. The van der Waals surface area contributed by atoms with E-state index in [2.05, 4.69) is 43.7 Å². The molecule has 1 aliphatic rings. The maximum atomic E-state index is 12.6. The molecule has 0 radical (unpaired) electrons. The maximum absolute atomic E-state index is 12.6. The Kier molecular flexibility index (Phi) is 7.80. The number of allylic oxidation sites excluding steroid dienone is 1. The van der Waals surface area contributed by atoms with Crippen molar-refractivity contribution in [1.82, 2.24) is 4.98 Å². The summed E-state index contributed by atoms with van der Waals surface area (Å²) in [4.78, 5) is 20.7. The second kappa shape index (κ2) is 9.88. The van der Waals surface area contributed by atoms with Gasteiger partial charge in [-0.05, 0) is 67.5 Å². The maximum Gasteiger partial charge on any atom is 0.357 e. The summed E-state index contributed by atoms with van der Waals surface area (Å²) in [5.41, 5.74) is 9.06. The number of carbonyl (C=O) groups is 1. The Labute approximate surface area is 183 Å². The fourth-order valence-corrected chi connectivity index (χ4v) is 3.79. The summed E-state index contributed by atoms with van der Waals surface area (Å²) < 4.78 is 5.50. The number of ether oxygens (including phenoxy) is 1. The summed E-state index contributed by atoms with van der Waals surface area (Å²) in [6, 6.07) is 9.69. The van der Waals surface area contributed by atoms with Gasteiger partial charge in [-0.1, -0.05) is 44.2 Å². The van der Waals surface area contributed by atoms with Gasteiger partial charge in [0.2, 0.25) is 0 Å². The van der Waals surface area contributed by atoms with Crippen LogP contribution in [0.4, 0.5) is 0 Å². The van der Waals surface area contributed by atoms with Crippen LogP contribution in [0.2, 0.25) is 0 Å². The number of aromatic nitrogens is 1. The number of nitrogens with zero attached hydrogens (tertiary/aromatic N) is 1. The normalized spacial score (nSPS) is 14.8. The number of esters is 1. The zero-order valence-corrected chi connectivity index (χ0v) is 19.5. The van der Waals surface area contributed by atoms with Crippen LogP contribution in [0, 0.1) is 13.8 Å². The number of H-pyrrole nitrogens is 1. The Bertz CT molecular complexity index is 982. The minimum atomic E-state index is -0.371. The van der Waals surface area contributed by atoms with Crippen LogP contribution in [-0.2, 0) is 22.6 Å². The molecule has 154 valence electrons. The summed E-state index contributed by atoms with van der Waals surface area (Å²) >= 11 is 0. The molecule has 0 fully saturated rings. The van der Waals surface area contributed by atoms with E-state index in [9.17, 15) is 4.79 Å². The molecule has 1 N–H and O–H groups in total. The highest BCUT2D eigenvalue weighted by atomic mass is 79.9. The third kappa shape index (κ3) is 4.78. The Balaban J connectivity index is 0.00000300. The lowest BCUT2D eigenvalue weighted by molar-refractivity contribution is -0.136. The smallest absolute Gasteiger partial charge is 0.357 e. The summed E-state index contributed by atoms with van der Waals surface area (Å²) in [6.07, 6.45) is 3.87. The first-order chi connectivity index (χ1) is 13.5. The first kappa shape index (κ1) is 22.9. The lowest BCUT2D eigenvalue weighted by atomic mass is 10.0. The molecule has 2 aromatic rings. The van der Waals surface area contributed by atoms with Gasteiger partial charge in [0.05, 0.1) is 5.70 Å². The van der Waals surface area contributed by atoms with Gasteiger partial charge in [-0.3, -0.25) is 0 Å². The Morgan fingerprint density at radius 3 is 2.38 bits per heavy atom. The SMILES string of the molecule is Br.CCC1=C(C)C(C(=O)OCc2ccccc2)=N/C1=C\c1[nH]c(C)c(CC)c1C. The van der Waals surface area contributed by atoms with Gasteiger partial charge in [-0.25, -0.2) is 9.79 Å². The van der Waals surface area contributed by atoms with Crippen LogP contribution in [0.1, 0.15) is 55.3 Å². The van der Waals surface area contributed by atoms with E-state index < -0.39 is 0 Å². The van der Waals surface area contributed by atoms with Gasteiger partial charge in [-0.15, -0.1) is 17.0 Å². The highest BCUT2D eigenvalue weighted by Crippen LogP contribution is 2.31. The number of carbonyl (C=O) groups excluding carboxylic acids is 1. The number of aliphatic imine (C=N–C) groups is 1. The quantitative estimate of drug-likeness (QED) is 0.538. The number of hydrogen-bond donors (Lipinski definition) is 1. The third-order valence-electron chi connectivity index (χ3n) is 5.38. The molecule has 1 aliphatic heterocycles. The molecule has 5 heteroatoms. The summed E-state index contributed by atoms with van der Waals surface area (Å²) in [5, 5.41) is 0. The van der Waals surface area contributed by atoms with Crippen LogP contribution in [-0.4, -0.2) is 16.7 Å². The van der Waals surface area contributed by atoms with Gasteiger partial charge < -0.3 is 9.72 Å². The molecule has 0 unspecified atom stereocenters. The number of halogens is 1. The average Bonchev–Trinajstić information content (AvgIpc) is 3.15. The number of benzene rings is 1. The van der Waals surface area contributed by atoms with Crippen molar-refractivity contribution >= 4 is 34.7 Å². The first-order valence-electron chi connectivity index (χ1n) is 9.86. The number of aromatic amines is 1. The largest absolute Gasteiger partial charge is 0.456 e. The fourth-order valence-electron chi connectivity index (χ4n) is 3.79. The van der Waals surface area contributed by atoms with Crippen LogP contribution >= 0.6 is 17.0 Å². The van der Waals surface area contributed by atoms with E-state index in [1.54, 1.807) is 0 Å².